The third-order valence-corrected chi connectivity index (χ3v) is 6.59. The summed E-state index contributed by atoms with van der Waals surface area (Å²) in [5.74, 6) is 0.652. The lowest BCUT2D eigenvalue weighted by Gasteiger charge is -2.36. The fourth-order valence-electron chi connectivity index (χ4n) is 3.71. The Kier molecular flexibility index (Phi) is 6.88. The molecule has 1 heterocycles. The molecule has 0 N–H and O–H groups in total. The van der Waals surface area contributed by atoms with Crippen LogP contribution < -0.4 is 4.90 Å². The Hall–Kier alpha value is -2.44. The van der Waals surface area contributed by atoms with Crippen LogP contribution in [0, 0.1) is 0 Å². The van der Waals surface area contributed by atoms with Crippen molar-refractivity contribution in [1.82, 2.24) is 4.90 Å². The molecule has 0 radical (unpaired) electrons. The fraction of sp³-hybridized carbons (Fsp3) is 0.280. The average molecular weight is 443 g/mol. The molecule has 0 amide bonds. The smallest absolute Gasteiger partial charge is 0.369 e. The van der Waals surface area contributed by atoms with Gasteiger partial charge in [0, 0.05) is 49.1 Å². The Balaban J connectivity index is 1.24. The van der Waals surface area contributed by atoms with Gasteiger partial charge in [0.1, 0.15) is 0 Å². The lowest BCUT2D eigenvalue weighted by Crippen LogP contribution is -2.45. The molecular weight excluding hydrogens is 417 g/mol. The van der Waals surface area contributed by atoms with Gasteiger partial charge < -0.3 is 4.90 Å². The van der Waals surface area contributed by atoms with E-state index in [1.165, 1.54) is 11.3 Å². The molecule has 6 heteroatoms. The number of thioether (sulfide) groups is 1. The van der Waals surface area contributed by atoms with Crippen molar-refractivity contribution < 1.29 is 13.2 Å². The molecule has 0 unspecified atom stereocenters. The highest BCUT2D eigenvalue weighted by Gasteiger charge is 2.29. The van der Waals surface area contributed by atoms with Gasteiger partial charge in [-0.3, -0.25) is 4.90 Å². The maximum absolute atomic E-state index is 12.7. The van der Waals surface area contributed by atoms with Crippen molar-refractivity contribution in [3.05, 3.63) is 95.6 Å². The van der Waals surface area contributed by atoms with Gasteiger partial charge in [0.2, 0.25) is 0 Å². The van der Waals surface area contributed by atoms with Crippen LogP contribution in [0.25, 0.3) is 0 Å². The van der Waals surface area contributed by atoms with Crippen LogP contribution in [0.1, 0.15) is 16.7 Å². The number of hydrogen-bond donors (Lipinski definition) is 0. The van der Waals surface area contributed by atoms with E-state index < -0.39 is 11.7 Å². The molecule has 0 bridgehead atoms. The molecule has 3 aromatic rings. The highest BCUT2D eigenvalue weighted by Crippen LogP contribution is 2.30. The molecule has 1 saturated heterocycles. The number of anilines is 1. The van der Waals surface area contributed by atoms with Crippen molar-refractivity contribution in [2.75, 3.05) is 31.1 Å². The SMILES string of the molecule is FC(F)(F)c1ccc(CSc2ccc(CN3CCN(c4ccccc4)CC3)cc2)cc1. The molecule has 0 saturated carbocycles. The van der Waals surface area contributed by atoms with Crippen LogP contribution in [-0.4, -0.2) is 31.1 Å². The van der Waals surface area contributed by atoms with E-state index in [4.69, 9.17) is 0 Å². The highest BCUT2D eigenvalue weighted by atomic mass is 32.2. The van der Waals surface area contributed by atoms with Crippen LogP contribution in [0.2, 0.25) is 0 Å². The van der Waals surface area contributed by atoms with Crippen LogP contribution in [0.3, 0.4) is 0 Å². The Labute approximate surface area is 185 Å². The second kappa shape index (κ2) is 9.79. The van der Waals surface area contributed by atoms with Crippen molar-refractivity contribution in [2.24, 2.45) is 0 Å². The lowest BCUT2D eigenvalue weighted by molar-refractivity contribution is -0.137. The summed E-state index contributed by atoms with van der Waals surface area (Å²) < 4.78 is 38.0. The van der Waals surface area contributed by atoms with Gasteiger partial charge in [-0.1, -0.05) is 42.5 Å². The first-order valence-corrected chi connectivity index (χ1v) is 11.4. The molecule has 2 nitrogen and oxygen atoms in total. The van der Waals surface area contributed by atoms with E-state index in [1.54, 1.807) is 23.9 Å². The largest absolute Gasteiger partial charge is 0.416 e. The molecule has 1 aliphatic rings. The van der Waals surface area contributed by atoms with E-state index in [0.717, 1.165) is 55.3 Å². The first-order valence-electron chi connectivity index (χ1n) is 10.4. The monoisotopic (exact) mass is 442 g/mol. The van der Waals surface area contributed by atoms with Gasteiger partial charge >= 0.3 is 6.18 Å². The quantitative estimate of drug-likeness (QED) is 0.413. The van der Waals surface area contributed by atoms with E-state index in [1.807, 2.05) is 6.07 Å². The van der Waals surface area contributed by atoms with Gasteiger partial charge in [-0.05, 0) is 47.5 Å². The number of halogens is 3. The number of piperazine rings is 1. The molecule has 4 rings (SSSR count). The molecular formula is C25H25F3N2S. The molecule has 1 fully saturated rings. The minimum Gasteiger partial charge on any atom is -0.369 e. The third-order valence-electron chi connectivity index (χ3n) is 5.51. The molecule has 162 valence electrons. The number of benzene rings is 3. The second-order valence-electron chi connectivity index (χ2n) is 7.73. The Morgan fingerprint density at radius 3 is 1.94 bits per heavy atom. The Bertz CT molecular complexity index is 949. The summed E-state index contributed by atoms with van der Waals surface area (Å²) in [5.41, 5.74) is 2.86. The van der Waals surface area contributed by atoms with Gasteiger partial charge in [-0.2, -0.15) is 13.2 Å². The van der Waals surface area contributed by atoms with Crippen LogP contribution >= 0.6 is 11.8 Å². The Morgan fingerprint density at radius 2 is 1.32 bits per heavy atom. The lowest BCUT2D eigenvalue weighted by atomic mass is 10.1. The second-order valence-corrected chi connectivity index (χ2v) is 8.77. The van der Waals surface area contributed by atoms with Crippen molar-refractivity contribution in [3.63, 3.8) is 0 Å². The molecule has 3 aromatic carbocycles. The summed E-state index contributed by atoms with van der Waals surface area (Å²) >= 11 is 1.64. The zero-order chi connectivity index (χ0) is 21.7. The normalized spacial score (nSPS) is 15.3. The zero-order valence-corrected chi connectivity index (χ0v) is 18.0. The first kappa shape index (κ1) is 21.8. The summed E-state index contributed by atoms with van der Waals surface area (Å²) in [7, 11) is 0. The van der Waals surface area contributed by atoms with Crippen LogP contribution in [0.4, 0.5) is 18.9 Å². The summed E-state index contributed by atoms with van der Waals surface area (Å²) in [6, 6.07) is 24.5. The van der Waals surface area contributed by atoms with Crippen LogP contribution in [-0.2, 0) is 18.5 Å². The number of rotatable bonds is 6. The first-order chi connectivity index (χ1) is 15.0. The zero-order valence-electron chi connectivity index (χ0n) is 17.2. The van der Waals surface area contributed by atoms with Gasteiger partial charge in [0.15, 0.2) is 0 Å². The summed E-state index contributed by atoms with van der Waals surface area (Å²) in [6.45, 7) is 5.08. The van der Waals surface area contributed by atoms with Crippen LogP contribution in [0.15, 0.2) is 83.8 Å². The molecule has 0 aromatic heterocycles. The van der Waals surface area contributed by atoms with E-state index in [-0.39, 0.29) is 0 Å². The van der Waals surface area contributed by atoms with Crippen molar-refractivity contribution in [2.45, 2.75) is 23.4 Å². The van der Waals surface area contributed by atoms with E-state index in [2.05, 4.69) is 58.3 Å². The minimum atomic E-state index is -4.28. The van der Waals surface area contributed by atoms with Gasteiger partial charge in [-0.15, -0.1) is 11.8 Å². The predicted octanol–water partition coefficient (Wildman–Crippen LogP) is 6.32. The summed E-state index contributed by atoms with van der Waals surface area (Å²) in [6.07, 6.45) is -4.28. The van der Waals surface area contributed by atoms with Crippen molar-refractivity contribution in [1.29, 1.82) is 0 Å². The minimum absolute atomic E-state index is 0.602. The number of alkyl halides is 3. The molecule has 31 heavy (non-hydrogen) atoms. The number of hydrogen-bond acceptors (Lipinski definition) is 3. The van der Waals surface area contributed by atoms with E-state index >= 15 is 0 Å². The highest BCUT2D eigenvalue weighted by molar-refractivity contribution is 7.98. The van der Waals surface area contributed by atoms with Crippen molar-refractivity contribution in [3.8, 4) is 0 Å². The number of nitrogens with zero attached hydrogens (tertiary/aromatic N) is 2. The molecule has 0 spiro atoms. The maximum Gasteiger partial charge on any atom is 0.416 e. The van der Waals surface area contributed by atoms with Crippen molar-refractivity contribution >= 4 is 17.4 Å². The van der Waals surface area contributed by atoms with Gasteiger partial charge in [-0.25, -0.2) is 0 Å². The van der Waals surface area contributed by atoms with E-state index in [9.17, 15) is 13.2 Å². The van der Waals surface area contributed by atoms with Gasteiger partial charge in [0.25, 0.3) is 0 Å². The third kappa shape index (κ3) is 6.05. The number of para-hydroxylation sites is 1. The maximum atomic E-state index is 12.7. The molecule has 0 aliphatic carbocycles. The average Bonchev–Trinajstić information content (AvgIpc) is 2.79. The summed E-state index contributed by atoms with van der Waals surface area (Å²) in [5, 5.41) is 0. The van der Waals surface area contributed by atoms with Crippen LogP contribution in [0.5, 0.6) is 0 Å². The standard InChI is InChI=1S/C25H25F3N2S/c26-25(27,28)22-10-6-21(7-11-22)19-31-24-12-8-20(9-13-24)18-29-14-16-30(17-15-29)23-4-2-1-3-5-23/h1-13H,14-19H2. The molecule has 1 aliphatic heterocycles. The Morgan fingerprint density at radius 1 is 0.710 bits per heavy atom. The fourth-order valence-corrected chi connectivity index (χ4v) is 4.56. The molecule has 0 atom stereocenters. The topological polar surface area (TPSA) is 6.48 Å². The summed E-state index contributed by atoms with van der Waals surface area (Å²) in [4.78, 5) is 6.03. The van der Waals surface area contributed by atoms with Gasteiger partial charge in [0.05, 0.1) is 5.56 Å². The predicted molar refractivity (Wildman–Crippen MR) is 121 cm³/mol. The van der Waals surface area contributed by atoms with E-state index in [0.29, 0.717) is 5.75 Å².